The third kappa shape index (κ3) is 5.97. The fraction of sp³-hybridized carbons (Fsp3) is 0.625. The van der Waals surface area contributed by atoms with Gasteiger partial charge in [0.1, 0.15) is 0 Å². The Kier molecular flexibility index (Phi) is 6.28. The predicted molar refractivity (Wildman–Crippen MR) is 46.5 cm³/mol. The molecule has 53 valence electrons. The summed E-state index contributed by atoms with van der Waals surface area (Å²) in [6, 6.07) is 0. The third-order valence-corrected chi connectivity index (χ3v) is 1.93. The van der Waals surface area contributed by atoms with Crippen molar-refractivity contribution >= 4 is 11.8 Å². The van der Waals surface area contributed by atoms with Crippen LogP contribution in [0.1, 0.15) is 26.7 Å². The molecule has 0 aromatic carbocycles. The van der Waals surface area contributed by atoms with Gasteiger partial charge in [0, 0.05) is 6.26 Å². The molecule has 0 fully saturated rings. The lowest BCUT2D eigenvalue weighted by Crippen LogP contribution is -1.79. The van der Waals surface area contributed by atoms with E-state index in [4.69, 9.17) is 0 Å². The van der Waals surface area contributed by atoms with Crippen LogP contribution in [0.4, 0.5) is 0 Å². The van der Waals surface area contributed by atoms with Crippen LogP contribution in [0.25, 0.3) is 0 Å². The van der Waals surface area contributed by atoms with Crippen LogP contribution in [0.5, 0.6) is 0 Å². The molecule has 0 aliphatic rings. The number of hydrogen-bond donors (Lipinski definition) is 0. The van der Waals surface area contributed by atoms with Crippen molar-refractivity contribution in [2.45, 2.75) is 26.7 Å². The Labute approximate surface area is 62.7 Å². The minimum absolute atomic E-state index is 1.19. The Bertz CT molecular complexity index is 84.6. The summed E-state index contributed by atoms with van der Waals surface area (Å²) in [6.07, 6.45) is 8.38. The second-order valence-electron chi connectivity index (χ2n) is 2.15. The van der Waals surface area contributed by atoms with Gasteiger partial charge in [0.2, 0.25) is 0 Å². The standard InChI is InChI=1S/C8H15S/c1-4-8(2)6-5-7-9-3/h4H,3,5-7H2,1-2H3. The van der Waals surface area contributed by atoms with Gasteiger partial charge in [0.15, 0.2) is 0 Å². The van der Waals surface area contributed by atoms with Crippen LogP contribution in [0, 0.1) is 6.26 Å². The van der Waals surface area contributed by atoms with Gasteiger partial charge in [-0.3, -0.25) is 0 Å². The molecular weight excluding hydrogens is 128 g/mol. The van der Waals surface area contributed by atoms with E-state index in [1.807, 2.05) is 0 Å². The van der Waals surface area contributed by atoms with E-state index in [-0.39, 0.29) is 0 Å². The topological polar surface area (TPSA) is 0 Å². The predicted octanol–water partition coefficient (Wildman–Crippen LogP) is 3.26. The summed E-state index contributed by atoms with van der Waals surface area (Å²) in [5.74, 6) is 1.19. The summed E-state index contributed by atoms with van der Waals surface area (Å²) in [6.45, 7) is 4.26. The molecule has 0 atom stereocenters. The maximum Gasteiger partial charge on any atom is 0.00235 e. The van der Waals surface area contributed by atoms with Gasteiger partial charge in [-0.25, -0.2) is 0 Å². The summed E-state index contributed by atoms with van der Waals surface area (Å²) < 4.78 is 0. The van der Waals surface area contributed by atoms with E-state index in [1.54, 1.807) is 11.8 Å². The van der Waals surface area contributed by atoms with Crippen molar-refractivity contribution in [1.82, 2.24) is 0 Å². The molecule has 0 aromatic heterocycles. The molecule has 0 aliphatic heterocycles. The Morgan fingerprint density at radius 1 is 1.67 bits per heavy atom. The van der Waals surface area contributed by atoms with E-state index in [9.17, 15) is 0 Å². The van der Waals surface area contributed by atoms with E-state index in [0.717, 1.165) is 0 Å². The quantitative estimate of drug-likeness (QED) is 0.430. The molecule has 1 radical (unpaired) electrons. The second kappa shape index (κ2) is 6.21. The largest absolute Gasteiger partial charge is 0.161 e. The highest BCUT2D eigenvalue weighted by atomic mass is 32.2. The van der Waals surface area contributed by atoms with E-state index >= 15 is 0 Å². The number of hydrogen-bond acceptors (Lipinski definition) is 1. The smallest absolute Gasteiger partial charge is 0.00235 e. The zero-order valence-electron chi connectivity index (χ0n) is 6.31. The fourth-order valence-electron chi connectivity index (χ4n) is 0.597. The van der Waals surface area contributed by atoms with Crippen LogP contribution in [0.2, 0.25) is 0 Å². The van der Waals surface area contributed by atoms with Crippen LogP contribution in [0.15, 0.2) is 11.6 Å². The maximum atomic E-state index is 3.71. The molecule has 0 aliphatic carbocycles. The molecule has 0 spiro atoms. The molecule has 0 N–H and O–H groups in total. The molecule has 0 nitrogen and oxygen atoms in total. The van der Waals surface area contributed by atoms with Crippen LogP contribution < -0.4 is 0 Å². The molecule has 1 heteroatoms. The zero-order chi connectivity index (χ0) is 7.11. The summed E-state index contributed by atoms with van der Waals surface area (Å²) in [5.41, 5.74) is 1.49. The van der Waals surface area contributed by atoms with Gasteiger partial charge in [-0.1, -0.05) is 11.6 Å². The molecule has 9 heavy (non-hydrogen) atoms. The first-order chi connectivity index (χ1) is 4.31. The Hall–Kier alpha value is 0.0900. The van der Waals surface area contributed by atoms with Gasteiger partial charge in [0.05, 0.1) is 0 Å². The molecule has 0 heterocycles. The van der Waals surface area contributed by atoms with Crippen LogP contribution >= 0.6 is 11.8 Å². The maximum absolute atomic E-state index is 3.71. The molecule has 0 saturated carbocycles. The van der Waals surface area contributed by atoms with E-state index < -0.39 is 0 Å². The van der Waals surface area contributed by atoms with Gasteiger partial charge in [0.25, 0.3) is 0 Å². The number of rotatable bonds is 4. The first-order valence-electron chi connectivity index (χ1n) is 3.30. The molecule has 0 aromatic rings. The van der Waals surface area contributed by atoms with Crippen LogP contribution in [0.3, 0.4) is 0 Å². The van der Waals surface area contributed by atoms with Crippen molar-refractivity contribution in [2.24, 2.45) is 0 Å². The minimum atomic E-state index is 1.19. The van der Waals surface area contributed by atoms with Crippen LogP contribution in [-0.2, 0) is 0 Å². The highest BCUT2D eigenvalue weighted by molar-refractivity contribution is 8.00. The molecule has 0 saturated heterocycles. The van der Waals surface area contributed by atoms with E-state index in [2.05, 4.69) is 26.2 Å². The Morgan fingerprint density at radius 2 is 2.33 bits per heavy atom. The lowest BCUT2D eigenvalue weighted by Gasteiger charge is -1.96. The molecule has 0 bridgehead atoms. The average Bonchev–Trinajstić information content (AvgIpc) is 1.89. The van der Waals surface area contributed by atoms with E-state index in [1.165, 1.54) is 24.2 Å². The summed E-state index contributed by atoms with van der Waals surface area (Å²) >= 11 is 1.68. The van der Waals surface area contributed by atoms with Gasteiger partial charge >= 0.3 is 0 Å². The van der Waals surface area contributed by atoms with Gasteiger partial charge in [-0.15, -0.1) is 0 Å². The lowest BCUT2D eigenvalue weighted by molar-refractivity contribution is 0.915. The SMILES string of the molecule is [CH2]SCCCC(C)=CC. The third-order valence-electron chi connectivity index (χ3n) is 1.35. The van der Waals surface area contributed by atoms with Crippen molar-refractivity contribution < 1.29 is 0 Å². The number of allylic oxidation sites excluding steroid dienone is 2. The summed E-state index contributed by atoms with van der Waals surface area (Å²) in [5, 5.41) is 0. The average molecular weight is 143 g/mol. The molecule has 0 amide bonds. The normalized spacial score (nSPS) is 12.1. The summed E-state index contributed by atoms with van der Waals surface area (Å²) in [7, 11) is 0. The van der Waals surface area contributed by atoms with Crippen molar-refractivity contribution in [3.8, 4) is 0 Å². The monoisotopic (exact) mass is 143 g/mol. The molecule has 0 rings (SSSR count). The highest BCUT2D eigenvalue weighted by Gasteiger charge is 1.86. The van der Waals surface area contributed by atoms with E-state index in [0.29, 0.717) is 0 Å². The van der Waals surface area contributed by atoms with Crippen LogP contribution in [-0.4, -0.2) is 5.75 Å². The fourth-order valence-corrected chi connectivity index (χ4v) is 0.946. The zero-order valence-corrected chi connectivity index (χ0v) is 7.13. The van der Waals surface area contributed by atoms with Crippen molar-refractivity contribution in [1.29, 1.82) is 0 Å². The van der Waals surface area contributed by atoms with Crippen molar-refractivity contribution in [3.05, 3.63) is 17.9 Å². The minimum Gasteiger partial charge on any atom is -0.161 e. The summed E-state index contributed by atoms with van der Waals surface area (Å²) in [4.78, 5) is 0. The van der Waals surface area contributed by atoms with Gasteiger partial charge < -0.3 is 0 Å². The molecular formula is C8H15S. The molecule has 0 unspecified atom stereocenters. The first-order valence-corrected chi connectivity index (χ1v) is 4.45. The van der Waals surface area contributed by atoms with Crippen molar-refractivity contribution in [3.63, 3.8) is 0 Å². The Balaban J connectivity index is 3.07. The first kappa shape index (κ1) is 9.09. The van der Waals surface area contributed by atoms with Gasteiger partial charge in [-0.05, 0) is 32.4 Å². The lowest BCUT2D eigenvalue weighted by atomic mass is 10.2. The van der Waals surface area contributed by atoms with Gasteiger partial charge in [-0.2, -0.15) is 11.8 Å². The Morgan fingerprint density at radius 3 is 2.78 bits per heavy atom. The number of thioether (sulfide) groups is 1. The highest BCUT2D eigenvalue weighted by Crippen LogP contribution is 2.07. The second-order valence-corrected chi connectivity index (χ2v) is 2.96. The van der Waals surface area contributed by atoms with Crippen molar-refractivity contribution in [2.75, 3.05) is 5.75 Å².